The summed E-state index contributed by atoms with van der Waals surface area (Å²) in [5.41, 5.74) is 12.0. The molecule has 0 aromatic heterocycles. The highest BCUT2D eigenvalue weighted by Crippen LogP contribution is 2.26. The molecule has 0 heterocycles. The predicted molar refractivity (Wildman–Crippen MR) is 80.5 cm³/mol. The number of aliphatic hydroxyl groups is 1. The second-order valence-corrected chi connectivity index (χ2v) is 5.73. The van der Waals surface area contributed by atoms with Crippen LogP contribution < -0.4 is 16.2 Å². The van der Waals surface area contributed by atoms with E-state index >= 15 is 0 Å². The Kier molecular flexibility index (Phi) is 5.83. The topological polar surface area (TPSA) is 81.5 Å². The molecule has 0 aliphatic heterocycles. The van der Waals surface area contributed by atoms with Crippen molar-refractivity contribution in [3.8, 4) is 5.75 Å². The number of hydrogen-bond donors (Lipinski definition) is 3. The van der Waals surface area contributed by atoms with Crippen molar-refractivity contribution in [1.29, 1.82) is 0 Å². The molecule has 112 valence electrons. The summed E-state index contributed by atoms with van der Waals surface area (Å²) < 4.78 is 5.87. The Labute approximate surface area is 121 Å². The van der Waals surface area contributed by atoms with Gasteiger partial charge < -0.3 is 21.3 Å². The van der Waals surface area contributed by atoms with Crippen LogP contribution in [0.25, 0.3) is 0 Å². The molecule has 1 aliphatic rings. The zero-order chi connectivity index (χ0) is 14.4. The third kappa shape index (κ3) is 4.20. The van der Waals surface area contributed by atoms with E-state index in [0.717, 1.165) is 17.9 Å². The molecular formula is C16H26N2O2. The van der Waals surface area contributed by atoms with Crippen LogP contribution in [0.5, 0.6) is 5.75 Å². The minimum atomic E-state index is -0.738. The zero-order valence-corrected chi connectivity index (χ0v) is 12.0. The van der Waals surface area contributed by atoms with Crippen molar-refractivity contribution in [2.24, 2.45) is 17.4 Å². The molecule has 1 aliphatic carbocycles. The molecule has 5 N–H and O–H groups in total. The van der Waals surface area contributed by atoms with Gasteiger partial charge in [-0.2, -0.15) is 0 Å². The summed E-state index contributed by atoms with van der Waals surface area (Å²) >= 11 is 0. The minimum Gasteiger partial charge on any atom is -0.493 e. The van der Waals surface area contributed by atoms with Crippen molar-refractivity contribution < 1.29 is 9.84 Å². The van der Waals surface area contributed by atoms with Crippen molar-refractivity contribution in [2.45, 2.75) is 44.2 Å². The fourth-order valence-electron chi connectivity index (χ4n) is 2.73. The molecule has 4 nitrogen and oxygen atoms in total. The minimum absolute atomic E-state index is 0.258. The van der Waals surface area contributed by atoms with Gasteiger partial charge in [-0.25, -0.2) is 0 Å². The molecule has 0 saturated heterocycles. The van der Waals surface area contributed by atoms with Crippen LogP contribution in [0.4, 0.5) is 0 Å². The average Bonchev–Trinajstić information content (AvgIpc) is 2.52. The van der Waals surface area contributed by atoms with Gasteiger partial charge in [0, 0.05) is 12.6 Å². The number of aliphatic hydroxyl groups excluding tert-OH is 1. The summed E-state index contributed by atoms with van der Waals surface area (Å²) in [5, 5.41) is 10.1. The first-order valence-corrected chi connectivity index (χ1v) is 7.57. The van der Waals surface area contributed by atoms with Gasteiger partial charge in [-0.3, -0.25) is 0 Å². The maximum Gasteiger partial charge on any atom is 0.119 e. The maximum atomic E-state index is 10.1. The first-order chi connectivity index (χ1) is 9.70. The van der Waals surface area contributed by atoms with E-state index in [1.165, 1.54) is 32.1 Å². The van der Waals surface area contributed by atoms with E-state index in [9.17, 15) is 5.11 Å². The van der Waals surface area contributed by atoms with Gasteiger partial charge in [0.25, 0.3) is 0 Å². The van der Waals surface area contributed by atoms with Crippen LogP contribution in [0.2, 0.25) is 0 Å². The molecule has 2 atom stereocenters. The van der Waals surface area contributed by atoms with Gasteiger partial charge in [-0.05, 0) is 36.5 Å². The van der Waals surface area contributed by atoms with Crippen LogP contribution in [0.3, 0.4) is 0 Å². The number of rotatable bonds is 6. The zero-order valence-electron chi connectivity index (χ0n) is 12.0. The van der Waals surface area contributed by atoms with Crippen LogP contribution in [0.1, 0.15) is 43.8 Å². The van der Waals surface area contributed by atoms with Crippen LogP contribution in [0.15, 0.2) is 24.3 Å². The maximum absolute atomic E-state index is 10.1. The van der Waals surface area contributed by atoms with E-state index in [4.69, 9.17) is 16.2 Å². The van der Waals surface area contributed by atoms with E-state index in [1.807, 2.05) is 24.3 Å². The first-order valence-electron chi connectivity index (χ1n) is 7.57. The SMILES string of the molecule is NC[C@@H](N)C(O)c1cccc(OCC2CCCCC2)c1. The van der Waals surface area contributed by atoms with Crippen molar-refractivity contribution in [3.05, 3.63) is 29.8 Å². The number of ether oxygens (including phenoxy) is 1. The smallest absolute Gasteiger partial charge is 0.119 e. The summed E-state index contributed by atoms with van der Waals surface area (Å²) in [6.07, 6.45) is 5.78. The van der Waals surface area contributed by atoms with E-state index in [1.54, 1.807) is 0 Å². The Morgan fingerprint density at radius 2 is 2.00 bits per heavy atom. The lowest BCUT2D eigenvalue weighted by Crippen LogP contribution is -2.35. The van der Waals surface area contributed by atoms with E-state index < -0.39 is 12.1 Å². The monoisotopic (exact) mass is 278 g/mol. The standard InChI is InChI=1S/C16H26N2O2/c17-10-15(18)16(19)13-7-4-8-14(9-13)20-11-12-5-2-1-3-6-12/h4,7-9,12,15-16,19H,1-3,5-6,10-11,17-18H2/t15-,16?/m1/s1. The Hall–Kier alpha value is -1.10. The second kappa shape index (κ2) is 7.62. The van der Waals surface area contributed by atoms with Gasteiger partial charge >= 0.3 is 0 Å². The molecule has 0 spiro atoms. The summed E-state index contributed by atoms with van der Waals surface area (Å²) in [6.45, 7) is 1.02. The molecular weight excluding hydrogens is 252 g/mol. The summed E-state index contributed by atoms with van der Waals surface area (Å²) in [4.78, 5) is 0. The quantitative estimate of drug-likeness (QED) is 0.743. The second-order valence-electron chi connectivity index (χ2n) is 5.73. The van der Waals surface area contributed by atoms with Crippen LogP contribution in [0, 0.1) is 5.92 Å². The Bertz CT molecular complexity index is 405. The van der Waals surface area contributed by atoms with Gasteiger partial charge in [-0.1, -0.05) is 31.4 Å². The highest BCUT2D eigenvalue weighted by Gasteiger charge is 2.17. The van der Waals surface area contributed by atoms with Gasteiger partial charge in [-0.15, -0.1) is 0 Å². The molecule has 1 aromatic rings. The fourth-order valence-corrected chi connectivity index (χ4v) is 2.73. The van der Waals surface area contributed by atoms with Gasteiger partial charge in [0.15, 0.2) is 0 Å². The Balaban J connectivity index is 1.91. The highest BCUT2D eigenvalue weighted by molar-refractivity contribution is 5.30. The molecule has 4 heteroatoms. The van der Waals surface area contributed by atoms with Crippen LogP contribution in [-0.2, 0) is 0 Å². The molecule has 1 fully saturated rings. The molecule has 2 rings (SSSR count). The van der Waals surface area contributed by atoms with Crippen molar-refractivity contribution in [1.82, 2.24) is 0 Å². The summed E-state index contributed by atoms with van der Waals surface area (Å²) in [7, 11) is 0. The lowest BCUT2D eigenvalue weighted by molar-refractivity contribution is 0.148. The van der Waals surface area contributed by atoms with Crippen molar-refractivity contribution >= 4 is 0 Å². The molecule has 0 amide bonds. The average molecular weight is 278 g/mol. The number of benzene rings is 1. The van der Waals surface area contributed by atoms with Gasteiger partial charge in [0.2, 0.25) is 0 Å². The van der Waals surface area contributed by atoms with Gasteiger partial charge in [0.1, 0.15) is 5.75 Å². The Morgan fingerprint density at radius 3 is 2.70 bits per heavy atom. The predicted octanol–water partition coefficient (Wildman–Crippen LogP) is 1.97. The molecule has 1 unspecified atom stereocenters. The van der Waals surface area contributed by atoms with E-state index in [0.29, 0.717) is 5.92 Å². The van der Waals surface area contributed by atoms with Crippen LogP contribution >= 0.6 is 0 Å². The van der Waals surface area contributed by atoms with Crippen molar-refractivity contribution in [3.63, 3.8) is 0 Å². The Morgan fingerprint density at radius 1 is 1.25 bits per heavy atom. The highest BCUT2D eigenvalue weighted by atomic mass is 16.5. The molecule has 1 aromatic carbocycles. The third-order valence-electron chi connectivity index (χ3n) is 4.09. The normalized spacial score (nSPS) is 19.6. The fraction of sp³-hybridized carbons (Fsp3) is 0.625. The largest absolute Gasteiger partial charge is 0.493 e. The molecule has 1 saturated carbocycles. The summed E-state index contributed by atoms with van der Waals surface area (Å²) in [5.74, 6) is 1.47. The van der Waals surface area contributed by atoms with Crippen LogP contribution in [-0.4, -0.2) is 24.3 Å². The van der Waals surface area contributed by atoms with E-state index in [-0.39, 0.29) is 6.54 Å². The number of nitrogens with two attached hydrogens (primary N) is 2. The first kappa shape index (κ1) is 15.3. The molecule has 0 bridgehead atoms. The van der Waals surface area contributed by atoms with E-state index in [2.05, 4.69) is 0 Å². The number of hydrogen-bond acceptors (Lipinski definition) is 4. The molecule has 20 heavy (non-hydrogen) atoms. The van der Waals surface area contributed by atoms with Crippen molar-refractivity contribution in [2.75, 3.05) is 13.2 Å². The lowest BCUT2D eigenvalue weighted by Gasteiger charge is -2.22. The molecule has 0 radical (unpaired) electrons. The van der Waals surface area contributed by atoms with Gasteiger partial charge in [0.05, 0.1) is 12.7 Å². The third-order valence-corrected chi connectivity index (χ3v) is 4.09. The lowest BCUT2D eigenvalue weighted by atomic mass is 9.90. The summed E-state index contributed by atoms with van der Waals surface area (Å²) in [6, 6.07) is 7.09.